The monoisotopic (exact) mass is 190 g/mol. The second kappa shape index (κ2) is 4.85. The van der Waals surface area contributed by atoms with Gasteiger partial charge in [-0.1, -0.05) is 32.1 Å². The Morgan fingerprint density at radius 1 is 1.43 bits per heavy atom. The van der Waals surface area contributed by atoms with Gasteiger partial charge in [-0.25, -0.2) is 0 Å². The molecular formula is C13H18O. The number of phenolic OH excluding ortho intramolecular Hbond substituents is 1. The fourth-order valence-electron chi connectivity index (χ4n) is 1.61. The van der Waals surface area contributed by atoms with Crippen molar-refractivity contribution in [2.75, 3.05) is 0 Å². The predicted molar refractivity (Wildman–Crippen MR) is 60.7 cm³/mol. The zero-order valence-corrected chi connectivity index (χ0v) is 9.12. The van der Waals surface area contributed by atoms with E-state index in [9.17, 15) is 5.11 Å². The number of hydrogen-bond donors (Lipinski definition) is 1. The zero-order chi connectivity index (χ0) is 10.6. The normalized spacial score (nSPS) is 13.4. The summed E-state index contributed by atoms with van der Waals surface area (Å²) in [5.74, 6) is 0.772. The minimum atomic E-state index is 0.345. The maximum Gasteiger partial charge on any atom is 0.115 e. The van der Waals surface area contributed by atoms with Gasteiger partial charge in [-0.15, -0.1) is 0 Å². The Kier molecular flexibility index (Phi) is 3.75. The Labute approximate surface area is 86.1 Å². The van der Waals surface area contributed by atoms with Crippen LogP contribution in [0.3, 0.4) is 0 Å². The summed E-state index contributed by atoms with van der Waals surface area (Å²) in [5.41, 5.74) is 2.44. The van der Waals surface area contributed by atoms with Crippen molar-refractivity contribution in [3.63, 3.8) is 0 Å². The van der Waals surface area contributed by atoms with E-state index in [1.165, 1.54) is 5.56 Å². The molecule has 1 aromatic rings. The predicted octanol–water partition coefficient (Wildman–Crippen LogP) is 3.77. The van der Waals surface area contributed by atoms with Gasteiger partial charge in [0.25, 0.3) is 0 Å². The molecule has 0 amide bonds. The number of phenols is 1. The average molecular weight is 190 g/mol. The number of benzene rings is 1. The number of allylic oxidation sites excluding steroid dienone is 2. The zero-order valence-electron chi connectivity index (χ0n) is 9.12. The standard InChI is InChI=1S/C13H18O/c1-4-5-6-10(2)13-8-7-12(14)9-11(13)3/h5-10,14H,4H2,1-3H3. The topological polar surface area (TPSA) is 20.2 Å². The molecule has 0 bridgehead atoms. The molecule has 1 heteroatoms. The fraction of sp³-hybridized carbons (Fsp3) is 0.385. The minimum absolute atomic E-state index is 0.345. The Bertz CT molecular complexity index is 326. The second-order valence-electron chi connectivity index (χ2n) is 3.67. The first-order valence-electron chi connectivity index (χ1n) is 5.11. The SMILES string of the molecule is CCC=CC(C)c1ccc(O)cc1C. The van der Waals surface area contributed by atoms with E-state index in [1.807, 2.05) is 19.1 Å². The van der Waals surface area contributed by atoms with E-state index < -0.39 is 0 Å². The highest BCUT2D eigenvalue weighted by Gasteiger charge is 2.04. The molecule has 0 heterocycles. The molecule has 0 aliphatic rings. The molecule has 0 aliphatic carbocycles. The van der Waals surface area contributed by atoms with Crippen molar-refractivity contribution < 1.29 is 5.11 Å². The van der Waals surface area contributed by atoms with Crippen molar-refractivity contribution in [2.24, 2.45) is 0 Å². The lowest BCUT2D eigenvalue weighted by Gasteiger charge is -2.10. The summed E-state index contributed by atoms with van der Waals surface area (Å²) in [4.78, 5) is 0. The van der Waals surface area contributed by atoms with Crippen molar-refractivity contribution in [1.29, 1.82) is 0 Å². The van der Waals surface area contributed by atoms with Crippen LogP contribution in [0.25, 0.3) is 0 Å². The van der Waals surface area contributed by atoms with Crippen molar-refractivity contribution in [2.45, 2.75) is 33.1 Å². The molecule has 1 N–H and O–H groups in total. The largest absolute Gasteiger partial charge is 0.508 e. The summed E-state index contributed by atoms with van der Waals surface area (Å²) >= 11 is 0. The van der Waals surface area contributed by atoms with Crippen LogP contribution in [-0.2, 0) is 0 Å². The van der Waals surface area contributed by atoms with E-state index in [0.29, 0.717) is 11.7 Å². The highest BCUT2D eigenvalue weighted by molar-refractivity contribution is 5.37. The first-order chi connectivity index (χ1) is 6.65. The first-order valence-corrected chi connectivity index (χ1v) is 5.11. The van der Waals surface area contributed by atoms with E-state index in [0.717, 1.165) is 12.0 Å². The van der Waals surface area contributed by atoms with Gasteiger partial charge in [-0.3, -0.25) is 0 Å². The van der Waals surface area contributed by atoms with Crippen LogP contribution in [0.4, 0.5) is 0 Å². The second-order valence-corrected chi connectivity index (χ2v) is 3.67. The van der Waals surface area contributed by atoms with Gasteiger partial charge >= 0.3 is 0 Å². The van der Waals surface area contributed by atoms with Crippen LogP contribution in [0.15, 0.2) is 30.4 Å². The minimum Gasteiger partial charge on any atom is -0.508 e. The van der Waals surface area contributed by atoms with Crippen LogP contribution in [0, 0.1) is 6.92 Å². The molecule has 1 nitrogen and oxygen atoms in total. The molecule has 0 fully saturated rings. The van der Waals surface area contributed by atoms with E-state index in [2.05, 4.69) is 26.0 Å². The van der Waals surface area contributed by atoms with Gasteiger partial charge in [-0.05, 0) is 42.5 Å². The van der Waals surface area contributed by atoms with Crippen LogP contribution < -0.4 is 0 Å². The molecule has 0 saturated carbocycles. The van der Waals surface area contributed by atoms with Gasteiger partial charge in [-0.2, -0.15) is 0 Å². The van der Waals surface area contributed by atoms with Crippen LogP contribution in [0.5, 0.6) is 5.75 Å². The summed E-state index contributed by atoms with van der Waals surface area (Å²) in [6, 6.07) is 5.56. The lowest BCUT2D eigenvalue weighted by atomic mass is 9.96. The highest BCUT2D eigenvalue weighted by atomic mass is 16.3. The highest BCUT2D eigenvalue weighted by Crippen LogP contribution is 2.24. The molecule has 0 radical (unpaired) electrons. The van der Waals surface area contributed by atoms with E-state index in [4.69, 9.17) is 0 Å². The number of hydrogen-bond acceptors (Lipinski definition) is 1. The molecule has 0 spiro atoms. The summed E-state index contributed by atoms with van der Waals surface area (Å²) in [6.07, 6.45) is 5.46. The summed E-state index contributed by atoms with van der Waals surface area (Å²) < 4.78 is 0. The van der Waals surface area contributed by atoms with Crippen LogP contribution in [-0.4, -0.2) is 5.11 Å². The third kappa shape index (κ3) is 2.63. The summed E-state index contributed by atoms with van der Waals surface area (Å²) in [6.45, 7) is 6.34. The number of aryl methyl sites for hydroxylation is 1. The third-order valence-corrected chi connectivity index (χ3v) is 2.40. The van der Waals surface area contributed by atoms with Crippen LogP contribution in [0.2, 0.25) is 0 Å². The number of rotatable bonds is 3. The maximum atomic E-state index is 9.28. The van der Waals surface area contributed by atoms with Crippen molar-refractivity contribution >= 4 is 0 Å². The first kappa shape index (κ1) is 10.8. The summed E-state index contributed by atoms with van der Waals surface area (Å²) in [5, 5.41) is 9.28. The van der Waals surface area contributed by atoms with Crippen molar-refractivity contribution in [1.82, 2.24) is 0 Å². The van der Waals surface area contributed by atoms with Crippen molar-refractivity contribution in [3.05, 3.63) is 41.5 Å². The third-order valence-electron chi connectivity index (χ3n) is 2.40. The quantitative estimate of drug-likeness (QED) is 0.719. The smallest absolute Gasteiger partial charge is 0.115 e. The van der Waals surface area contributed by atoms with Gasteiger partial charge in [0.15, 0.2) is 0 Å². The van der Waals surface area contributed by atoms with Gasteiger partial charge in [0.2, 0.25) is 0 Å². The Balaban J connectivity index is 2.90. The molecule has 1 atom stereocenters. The van der Waals surface area contributed by atoms with Crippen molar-refractivity contribution in [3.8, 4) is 5.75 Å². The average Bonchev–Trinajstić information content (AvgIpc) is 2.14. The van der Waals surface area contributed by atoms with Gasteiger partial charge < -0.3 is 5.11 Å². The lowest BCUT2D eigenvalue weighted by Crippen LogP contribution is -1.92. The molecule has 0 saturated heterocycles. The Hall–Kier alpha value is -1.24. The Morgan fingerprint density at radius 2 is 2.14 bits per heavy atom. The molecule has 1 rings (SSSR count). The fourth-order valence-corrected chi connectivity index (χ4v) is 1.61. The summed E-state index contributed by atoms with van der Waals surface area (Å²) in [7, 11) is 0. The Morgan fingerprint density at radius 3 is 2.71 bits per heavy atom. The van der Waals surface area contributed by atoms with Gasteiger partial charge in [0.1, 0.15) is 5.75 Å². The molecule has 0 aromatic heterocycles. The van der Waals surface area contributed by atoms with Crippen LogP contribution in [0.1, 0.15) is 37.3 Å². The molecule has 1 aromatic carbocycles. The maximum absolute atomic E-state index is 9.28. The van der Waals surface area contributed by atoms with E-state index in [-0.39, 0.29) is 0 Å². The lowest BCUT2D eigenvalue weighted by molar-refractivity contribution is 0.474. The van der Waals surface area contributed by atoms with Gasteiger partial charge in [0.05, 0.1) is 0 Å². The molecule has 76 valence electrons. The number of aromatic hydroxyl groups is 1. The molecule has 1 unspecified atom stereocenters. The van der Waals surface area contributed by atoms with Gasteiger partial charge in [0, 0.05) is 0 Å². The molecular weight excluding hydrogens is 172 g/mol. The van der Waals surface area contributed by atoms with E-state index >= 15 is 0 Å². The van der Waals surface area contributed by atoms with Crippen LogP contribution >= 0.6 is 0 Å². The van der Waals surface area contributed by atoms with E-state index in [1.54, 1.807) is 6.07 Å². The molecule has 0 aliphatic heterocycles. The molecule has 14 heavy (non-hydrogen) atoms.